The molecule has 0 saturated carbocycles. The molecule has 3 aliphatic heterocycles. The zero-order valence-electron chi connectivity index (χ0n) is 73.5. The second-order valence-corrected chi connectivity index (χ2v) is 32.1. The summed E-state index contributed by atoms with van der Waals surface area (Å²) >= 11 is 43.5. The van der Waals surface area contributed by atoms with Crippen LogP contribution in [0.15, 0.2) is 135 Å². The van der Waals surface area contributed by atoms with Gasteiger partial charge in [-0.05, 0) is 90.9 Å². The second kappa shape index (κ2) is 48.3. The predicted molar refractivity (Wildman–Crippen MR) is 508 cm³/mol. The lowest BCUT2D eigenvalue weighted by molar-refractivity contribution is -0.385. The molecule has 0 bridgehead atoms. The minimum atomic E-state index is -0.509. The van der Waals surface area contributed by atoms with Gasteiger partial charge in [0.1, 0.15) is 70.9 Å². The van der Waals surface area contributed by atoms with E-state index in [0.717, 1.165) is 138 Å². The van der Waals surface area contributed by atoms with Crippen LogP contribution in [0.2, 0.25) is 30.1 Å². The van der Waals surface area contributed by atoms with Gasteiger partial charge in [0, 0.05) is 212 Å². The predicted octanol–water partition coefficient (Wildman–Crippen LogP) is 14.8. The third-order valence-corrected chi connectivity index (χ3v) is 24.7. The lowest BCUT2D eigenvalue weighted by Crippen LogP contribution is -2.46. The monoisotopic (exact) mass is 1890 g/mol. The smallest absolute Gasteiger partial charge is 0.275 e. The van der Waals surface area contributed by atoms with Gasteiger partial charge in [-0.3, -0.25) is 48.8 Å². The Labute approximate surface area is 780 Å². The summed E-state index contributed by atoms with van der Waals surface area (Å²) in [5.74, 6) is 2.11. The third-order valence-electron chi connectivity index (χ3n) is 22.0. The molecule has 3 aliphatic rings. The van der Waals surface area contributed by atoms with Crippen molar-refractivity contribution in [3.63, 3.8) is 0 Å². The van der Waals surface area contributed by atoms with Crippen LogP contribution in [0.3, 0.4) is 0 Å². The number of methoxy groups -OCH3 is 6. The van der Waals surface area contributed by atoms with Crippen molar-refractivity contribution in [3.8, 4) is 34.5 Å². The normalized spacial score (nSPS) is 13.4. The average molecular weight is 1900 g/mol. The number of hydrogen-bond acceptors (Lipinski definition) is 26. The van der Waals surface area contributed by atoms with Crippen molar-refractivity contribution in [3.05, 3.63) is 226 Å². The Balaban J connectivity index is 0.000000211. The molecule has 3 aromatic heterocycles. The molecule has 128 heavy (non-hydrogen) atoms. The molecule has 31 nitrogen and oxygen atoms in total. The largest absolute Gasteiger partial charge is 0.495 e. The Morgan fingerprint density at radius 2 is 0.727 bits per heavy atom. The maximum atomic E-state index is 13.3. The molecule has 12 rings (SSSR count). The number of ether oxygens (including phenoxy) is 6. The van der Waals surface area contributed by atoms with Crippen molar-refractivity contribution < 1.29 is 57.3 Å². The molecule has 0 unspecified atom stereocenters. The quantitative estimate of drug-likeness (QED) is 0.0134. The Morgan fingerprint density at radius 1 is 0.438 bits per heavy atom. The number of hydrogen-bond donors (Lipinski definition) is 2. The fraction of sp³-hybridized carbons (Fsp3) is 0.367. The fourth-order valence-corrected chi connectivity index (χ4v) is 16.1. The van der Waals surface area contributed by atoms with Gasteiger partial charge in [-0.1, -0.05) is 116 Å². The van der Waals surface area contributed by atoms with Crippen molar-refractivity contribution >= 4 is 162 Å². The Morgan fingerprint density at radius 3 is 1.02 bits per heavy atom. The number of nitro groups is 1. The van der Waals surface area contributed by atoms with Crippen LogP contribution < -0.4 is 68.9 Å². The number of amides is 4. The van der Waals surface area contributed by atoms with E-state index in [9.17, 15) is 34.1 Å². The van der Waals surface area contributed by atoms with Crippen LogP contribution in [0.4, 0.5) is 51.6 Å². The van der Waals surface area contributed by atoms with Crippen molar-refractivity contribution in [2.75, 3.05) is 202 Å². The zero-order chi connectivity index (χ0) is 93.2. The molecular weight excluding hydrogens is 1790 g/mol. The number of carbonyl (C=O) groups excluding carboxylic acids is 5. The minimum Gasteiger partial charge on any atom is -0.495 e. The topological polar surface area (TPSA) is 328 Å². The van der Waals surface area contributed by atoms with Gasteiger partial charge >= 0.3 is 0 Å². The van der Waals surface area contributed by atoms with E-state index in [1.165, 1.54) is 82.4 Å². The van der Waals surface area contributed by atoms with Gasteiger partial charge in [-0.25, -0.2) is 29.9 Å². The number of nitro benzene ring substituents is 1. The SMILES string of the molecule is C=CC(=O)Cl.C=CC(=O)Nc1cc(N2CCN(CC)CC2)ccc1Cc1cc(N(C)C(=O)Cc2c(Cl)c(OC)cc(OC)c2Cl)ncn1.CCN1CCN(c2ccc(Cc3cc(N(C)C(=O)Cc4c(Cl)c(OC)cc(OC)c4Cl)ncn3)c(N)c2)CC1.CCN1CCN(c2ccc(Cc3cc(N(C)C(=O)Cc4c(Cl)c(OC)cc(OC)c4Cl)ncn3)c([N+](=O)[O-])c2)CC1. The maximum Gasteiger partial charge on any atom is 0.275 e. The molecule has 0 aliphatic carbocycles. The first-order chi connectivity index (χ1) is 61.4. The molecule has 3 saturated heterocycles. The molecule has 38 heteroatoms. The fourth-order valence-electron chi connectivity index (χ4n) is 14.2. The number of aromatic nitrogens is 6. The van der Waals surface area contributed by atoms with E-state index in [1.54, 1.807) is 69.7 Å². The molecule has 3 N–H and O–H groups in total. The number of rotatable bonds is 31. The Kier molecular flexibility index (Phi) is 38.0. The highest BCUT2D eigenvalue weighted by Gasteiger charge is 2.30. The summed E-state index contributed by atoms with van der Waals surface area (Å²) in [4.78, 5) is 117. The van der Waals surface area contributed by atoms with Crippen LogP contribution in [-0.4, -0.2) is 240 Å². The van der Waals surface area contributed by atoms with E-state index in [2.05, 4.69) is 111 Å². The average Bonchev–Trinajstić information content (AvgIpc) is 0.660. The lowest BCUT2D eigenvalue weighted by Gasteiger charge is -2.35. The summed E-state index contributed by atoms with van der Waals surface area (Å²) < 4.78 is 31.8. The summed E-state index contributed by atoms with van der Waals surface area (Å²) in [6, 6.07) is 27.4. The van der Waals surface area contributed by atoms with Gasteiger partial charge < -0.3 is 68.9 Å². The number of nitrogens with zero attached hydrogens (tertiary/aromatic N) is 16. The summed E-state index contributed by atoms with van der Waals surface area (Å²) in [6.45, 7) is 27.6. The number of piperazine rings is 3. The van der Waals surface area contributed by atoms with E-state index in [0.29, 0.717) is 110 Å². The van der Waals surface area contributed by atoms with Crippen molar-refractivity contribution in [2.45, 2.75) is 59.3 Å². The molecular formula is C90H105Cl7N18O13. The van der Waals surface area contributed by atoms with Gasteiger partial charge in [0.2, 0.25) is 28.9 Å². The molecule has 682 valence electrons. The molecule has 0 radical (unpaired) electrons. The highest BCUT2D eigenvalue weighted by atomic mass is 35.5. The number of benzene rings is 6. The summed E-state index contributed by atoms with van der Waals surface area (Å²) in [7, 11) is 13.7. The van der Waals surface area contributed by atoms with Crippen LogP contribution in [0.5, 0.6) is 34.5 Å². The van der Waals surface area contributed by atoms with E-state index >= 15 is 0 Å². The number of nitrogen functional groups attached to an aromatic ring is 1. The van der Waals surface area contributed by atoms with Crippen LogP contribution in [-0.2, 0) is 62.5 Å². The van der Waals surface area contributed by atoms with Gasteiger partial charge in [-0.2, -0.15) is 0 Å². The zero-order valence-corrected chi connectivity index (χ0v) is 78.8. The Hall–Kier alpha value is -11.1. The highest BCUT2D eigenvalue weighted by molar-refractivity contribution is 6.66. The molecule has 6 aromatic carbocycles. The number of nitrogens with two attached hydrogens (primary N) is 1. The minimum absolute atomic E-state index is 0.0290. The molecule has 4 amide bonds. The van der Waals surface area contributed by atoms with Gasteiger partial charge in [-0.15, -0.1) is 0 Å². The number of likely N-dealkylation sites (N-methyl/N-ethyl adjacent to an activating group) is 6. The van der Waals surface area contributed by atoms with E-state index in [1.807, 2.05) is 30.3 Å². The number of anilines is 8. The first kappa shape index (κ1) is 101. The lowest BCUT2D eigenvalue weighted by atomic mass is 10.0. The first-order valence-electron chi connectivity index (χ1n) is 40.8. The van der Waals surface area contributed by atoms with Crippen LogP contribution >= 0.6 is 81.2 Å². The number of nitrogens with one attached hydrogen (secondary N) is 1. The van der Waals surface area contributed by atoms with Crippen molar-refractivity contribution in [1.82, 2.24) is 44.6 Å². The molecule has 6 heterocycles. The summed E-state index contributed by atoms with van der Waals surface area (Å²) in [5.41, 5.74) is 16.3. The summed E-state index contributed by atoms with van der Waals surface area (Å²) in [6.07, 6.45) is 7.27. The maximum absolute atomic E-state index is 13.3. The van der Waals surface area contributed by atoms with E-state index in [4.69, 9.17) is 115 Å². The van der Waals surface area contributed by atoms with E-state index in [-0.39, 0.29) is 90.1 Å². The van der Waals surface area contributed by atoms with Crippen LogP contribution in [0.25, 0.3) is 0 Å². The standard InChI is InChI=1S/C31H36Cl2N6O4.C28H32Cl2N6O5.C28H34Cl2N6O3.C3H3ClO/c1-6-28(40)36-24-16-22(39-12-10-38(7-2)11-13-39)9-8-20(24)14-21-15-27(35-19-34-21)37(3)29(41)17-23-30(32)25(42-4)18-26(43-5)31(23)33;1-5-34-8-10-35(11-9-34)20-7-6-18(22(14-20)36(38)39)12-19-13-25(32-17-31-19)33(2)26(37)15-21-27(29)23(40-3)16-24(41-4)28(21)30;1-5-35-8-10-36(11-9-35)20-7-6-18(22(31)14-20)12-19-13-25(33-17-32-19)34(2)26(37)15-21-27(29)23(38-3)16-24(39-4)28(21)30;1-2-3(4)5/h6,8-9,15-16,18-19H,1,7,10-14,17H2,2-5H3,(H,36,40);6-7,13-14,16-17H,5,8-12,15H2,1-4H3;6-7,13-14,16-17H,5,8-12,15,31H2,1-4H3;2H,1H2. The van der Waals surface area contributed by atoms with Gasteiger partial charge in [0.25, 0.3) is 5.69 Å². The van der Waals surface area contributed by atoms with E-state index < -0.39 is 5.24 Å². The van der Waals surface area contributed by atoms with Crippen LogP contribution in [0.1, 0.15) is 71.2 Å². The van der Waals surface area contributed by atoms with Crippen molar-refractivity contribution in [2.24, 2.45) is 0 Å². The highest BCUT2D eigenvalue weighted by Crippen LogP contribution is 2.45. The Bertz CT molecular complexity index is 5360. The van der Waals surface area contributed by atoms with Crippen LogP contribution in [0, 0.1) is 10.1 Å². The first-order valence-corrected chi connectivity index (χ1v) is 43.5. The number of halogens is 7. The van der Waals surface area contributed by atoms with Crippen molar-refractivity contribution in [1.29, 1.82) is 0 Å². The molecule has 0 spiro atoms. The second-order valence-electron chi connectivity index (χ2n) is 29.4. The number of carbonyl (C=O) groups is 5. The third kappa shape index (κ3) is 26.3. The summed E-state index contributed by atoms with van der Waals surface area (Å²) in [5, 5.41) is 15.9. The molecule has 3 fully saturated rings. The van der Waals surface area contributed by atoms with Gasteiger partial charge in [0.15, 0.2) is 0 Å². The number of allylic oxidation sites excluding steroid dienone is 1. The van der Waals surface area contributed by atoms with Gasteiger partial charge in [0.05, 0.1) is 114 Å². The molecule has 0 atom stereocenters. The molecule has 9 aromatic rings.